The van der Waals surface area contributed by atoms with Gasteiger partial charge in [-0.3, -0.25) is 4.98 Å². The molecule has 1 fully saturated rings. The van der Waals surface area contributed by atoms with Crippen molar-refractivity contribution in [3.8, 4) is 0 Å². The summed E-state index contributed by atoms with van der Waals surface area (Å²) >= 11 is 5.89. The first-order chi connectivity index (χ1) is 15.0. The SMILES string of the molecule is CC(CC1CCC(c2ccnc3ccc(F)cc23)CC1)c1nc2cc(Cl)c(F)cc2[nH]1. The van der Waals surface area contributed by atoms with Gasteiger partial charge in [0.25, 0.3) is 0 Å². The van der Waals surface area contributed by atoms with Crippen molar-refractivity contribution in [1.82, 2.24) is 15.0 Å². The van der Waals surface area contributed by atoms with Crippen LogP contribution in [-0.2, 0) is 0 Å². The molecule has 2 aromatic heterocycles. The van der Waals surface area contributed by atoms with Gasteiger partial charge in [0.2, 0.25) is 0 Å². The number of halogens is 3. The molecule has 6 heteroatoms. The van der Waals surface area contributed by atoms with Gasteiger partial charge in [-0.25, -0.2) is 13.8 Å². The number of aromatic amines is 1. The molecule has 1 unspecified atom stereocenters. The molecule has 0 radical (unpaired) electrons. The number of pyridine rings is 1. The maximum Gasteiger partial charge on any atom is 0.144 e. The number of hydrogen-bond donors (Lipinski definition) is 1. The van der Waals surface area contributed by atoms with Crippen LogP contribution in [0.2, 0.25) is 5.02 Å². The van der Waals surface area contributed by atoms with Crippen molar-refractivity contribution < 1.29 is 8.78 Å². The smallest absolute Gasteiger partial charge is 0.144 e. The van der Waals surface area contributed by atoms with Crippen LogP contribution in [0.15, 0.2) is 42.6 Å². The van der Waals surface area contributed by atoms with Crippen LogP contribution in [0.25, 0.3) is 21.9 Å². The Labute approximate surface area is 184 Å². The topological polar surface area (TPSA) is 41.6 Å². The quantitative estimate of drug-likeness (QED) is 0.357. The Bertz CT molecular complexity index is 1210. The second-order valence-electron chi connectivity index (χ2n) is 8.82. The van der Waals surface area contributed by atoms with Gasteiger partial charge in [-0.05, 0) is 79.8 Å². The zero-order valence-electron chi connectivity index (χ0n) is 17.3. The van der Waals surface area contributed by atoms with E-state index in [2.05, 4.69) is 21.9 Å². The monoisotopic (exact) mass is 439 g/mol. The fourth-order valence-electron chi connectivity index (χ4n) is 5.07. The Morgan fingerprint density at radius 1 is 1.06 bits per heavy atom. The minimum Gasteiger partial charge on any atom is -0.342 e. The van der Waals surface area contributed by atoms with Gasteiger partial charge in [-0.1, -0.05) is 18.5 Å². The van der Waals surface area contributed by atoms with E-state index in [1.807, 2.05) is 12.3 Å². The molecule has 0 saturated heterocycles. The number of hydrogen-bond acceptors (Lipinski definition) is 2. The van der Waals surface area contributed by atoms with E-state index in [4.69, 9.17) is 11.6 Å². The molecule has 0 aliphatic heterocycles. The molecular formula is C25H24ClF2N3. The van der Waals surface area contributed by atoms with Crippen LogP contribution in [-0.4, -0.2) is 15.0 Å². The van der Waals surface area contributed by atoms with E-state index in [-0.39, 0.29) is 16.8 Å². The molecule has 1 aliphatic carbocycles. The third-order valence-corrected chi connectivity index (χ3v) is 7.01. The normalized spacial score (nSPS) is 20.4. The van der Waals surface area contributed by atoms with Gasteiger partial charge in [0.1, 0.15) is 17.5 Å². The van der Waals surface area contributed by atoms with Gasteiger partial charge >= 0.3 is 0 Å². The second kappa shape index (κ2) is 8.19. The molecule has 3 nitrogen and oxygen atoms in total. The van der Waals surface area contributed by atoms with Crippen LogP contribution >= 0.6 is 11.6 Å². The largest absolute Gasteiger partial charge is 0.342 e. The lowest BCUT2D eigenvalue weighted by Crippen LogP contribution is -2.16. The Kier molecular flexibility index (Phi) is 5.39. The van der Waals surface area contributed by atoms with Gasteiger partial charge in [0.15, 0.2) is 0 Å². The molecule has 2 aromatic carbocycles. The lowest BCUT2D eigenvalue weighted by atomic mass is 9.75. The minimum atomic E-state index is -0.432. The highest BCUT2D eigenvalue weighted by Gasteiger charge is 2.26. The minimum absolute atomic E-state index is 0.0973. The summed E-state index contributed by atoms with van der Waals surface area (Å²) in [6.45, 7) is 2.17. The van der Waals surface area contributed by atoms with Gasteiger partial charge in [0, 0.05) is 23.6 Å². The first-order valence-electron chi connectivity index (χ1n) is 10.9. The van der Waals surface area contributed by atoms with Crippen LogP contribution in [0.1, 0.15) is 62.3 Å². The first-order valence-corrected chi connectivity index (χ1v) is 11.2. The lowest BCUT2D eigenvalue weighted by Gasteiger charge is -2.30. The fourth-order valence-corrected chi connectivity index (χ4v) is 5.23. The van der Waals surface area contributed by atoms with Crippen LogP contribution in [0.3, 0.4) is 0 Å². The number of aromatic nitrogens is 3. The predicted octanol–water partition coefficient (Wildman–Crippen LogP) is 7.51. The van der Waals surface area contributed by atoms with E-state index in [0.29, 0.717) is 22.9 Å². The van der Waals surface area contributed by atoms with E-state index in [1.54, 1.807) is 18.2 Å². The van der Waals surface area contributed by atoms with Crippen molar-refractivity contribution in [2.45, 2.75) is 50.9 Å². The zero-order chi connectivity index (χ0) is 21.5. The van der Waals surface area contributed by atoms with Gasteiger partial charge in [0.05, 0.1) is 21.6 Å². The van der Waals surface area contributed by atoms with Crippen molar-refractivity contribution in [2.75, 3.05) is 0 Å². The number of H-pyrrole nitrogens is 1. The Morgan fingerprint density at radius 2 is 1.87 bits per heavy atom. The highest BCUT2D eigenvalue weighted by molar-refractivity contribution is 6.31. The molecule has 4 aromatic rings. The summed E-state index contributed by atoms with van der Waals surface area (Å²) < 4.78 is 27.5. The van der Waals surface area contributed by atoms with Gasteiger partial charge < -0.3 is 4.98 Å². The third kappa shape index (κ3) is 4.03. The molecule has 160 valence electrons. The third-order valence-electron chi connectivity index (χ3n) is 6.72. The van der Waals surface area contributed by atoms with E-state index < -0.39 is 5.82 Å². The van der Waals surface area contributed by atoms with Crippen molar-refractivity contribution >= 4 is 33.5 Å². The Hall–Kier alpha value is -2.53. The van der Waals surface area contributed by atoms with Crippen molar-refractivity contribution in [3.63, 3.8) is 0 Å². The molecule has 2 heterocycles. The molecular weight excluding hydrogens is 416 g/mol. The van der Waals surface area contributed by atoms with Crippen molar-refractivity contribution in [2.24, 2.45) is 5.92 Å². The standard InChI is InChI=1S/C25H24ClF2N3/c1-14(25-30-23-12-20(26)21(28)13-24(23)31-25)10-15-2-4-16(5-3-15)18-8-9-29-22-7-6-17(27)11-19(18)22/h6-9,11-16H,2-5,10H2,1H3,(H,30,31). The summed E-state index contributed by atoms with van der Waals surface area (Å²) in [6.07, 6.45) is 7.32. The van der Waals surface area contributed by atoms with Gasteiger partial charge in [-0.2, -0.15) is 0 Å². The molecule has 0 amide bonds. The van der Waals surface area contributed by atoms with Crippen LogP contribution < -0.4 is 0 Å². The molecule has 31 heavy (non-hydrogen) atoms. The number of nitrogens with one attached hydrogen (secondary N) is 1. The summed E-state index contributed by atoms with van der Waals surface area (Å²) in [5, 5.41) is 1.03. The fraction of sp³-hybridized carbons (Fsp3) is 0.360. The summed E-state index contributed by atoms with van der Waals surface area (Å²) in [5.41, 5.74) is 3.46. The number of benzene rings is 2. The molecule has 1 N–H and O–H groups in total. The number of nitrogens with zero attached hydrogens (tertiary/aromatic N) is 2. The first kappa shape index (κ1) is 20.4. The highest BCUT2D eigenvalue weighted by atomic mass is 35.5. The maximum absolute atomic E-state index is 13.8. The molecule has 0 spiro atoms. The molecule has 1 aliphatic rings. The summed E-state index contributed by atoms with van der Waals surface area (Å²) in [4.78, 5) is 12.3. The molecule has 1 atom stereocenters. The van der Waals surface area contributed by atoms with Crippen LogP contribution in [0.5, 0.6) is 0 Å². The van der Waals surface area contributed by atoms with Crippen LogP contribution in [0, 0.1) is 17.6 Å². The number of imidazole rings is 1. The summed E-state index contributed by atoms with van der Waals surface area (Å²) in [5.74, 6) is 1.55. The average Bonchev–Trinajstić information content (AvgIpc) is 3.17. The van der Waals surface area contributed by atoms with Crippen LogP contribution in [0.4, 0.5) is 8.78 Å². The van der Waals surface area contributed by atoms with Gasteiger partial charge in [-0.15, -0.1) is 0 Å². The zero-order valence-corrected chi connectivity index (χ0v) is 18.1. The average molecular weight is 440 g/mol. The second-order valence-corrected chi connectivity index (χ2v) is 9.23. The van der Waals surface area contributed by atoms with Crippen molar-refractivity contribution in [3.05, 3.63) is 70.6 Å². The summed E-state index contributed by atoms with van der Waals surface area (Å²) in [7, 11) is 0. The number of rotatable bonds is 4. The Balaban J connectivity index is 1.27. The predicted molar refractivity (Wildman–Crippen MR) is 120 cm³/mol. The number of fused-ring (bicyclic) bond motifs is 2. The maximum atomic E-state index is 13.8. The van der Waals surface area contributed by atoms with E-state index in [0.717, 1.165) is 48.8 Å². The molecule has 0 bridgehead atoms. The van der Waals surface area contributed by atoms with E-state index >= 15 is 0 Å². The van der Waals surface area contributed by atoms with E-state index in [1.165, 1.54) is 17.7 Å². The lowest BCUT2D eigenvalue weighted by molar-refractivity contribution is 0.296. The van der Waals surface area contributed by atoms with Crippen molar-refractivity contribution in [1.29, 1.82) is 0 Å². The Morgan fingerprint density at radius 3 is 2.68 bits per heavy atom. The molecule has 1 saturated carbocycles. The summed E-state index contributed by atoms with van der Waals surface area (Å²) in [6, 6.07) is 9.88. The highest BCUT2D eigenvalue weighted by Crippen LogP contribution is 2.41. The molecule has 5 rings (SSSR count). The van der Waals surface area contributed by atoms with E-state index in [9.17, 15) is 8.78 Å².